The first kappa shape index (κ1) is 16.4. The third kappa shape index (κ3) is 3.89. The highest BCUT2D eigenvalue weighted by Crippen LogP contribution is 2.23. The number of anilines is 1. The molecule has 0 saturated carbocycles. The maximum absolute atomic E-state index is 12.3. The van der Waals surface area contributed by atoms with Crippen LogP contribution < -0.4 is 10.6 Å². The number of benzene rings is 2. The number of rotatable bonds is 5. The van der Waals surface area contributed by atoms with Crippen LogP contribution >= 0.6 is 15.9 Å². The molecule has 5 nitrogen and oxygen atoms in total. The van der Waals surface area contributed by atoms with Gasteiger partial charge < -0.3 is 10.6 Å². The maximum atomic E-state index is 12.3. The molecule has 1 heterocycles. The standard InChI is InChI=1S/C18H17BrN4O/c1-12(18(24)20-10-13-5-3-2-4-6-13)23-17-15-9-14(19)7-8-16(15)21-11-22-17/h2-9,11-12H,10H2,1H3,(H,20,24)(H,21,22,23)/t12-/m0/s1. The van der Waals surface area contributed by atoms with Crippen molar-refractivity contribution in [1.29, 1.82) is 0 Å². The zero-order valence-electron chi connectivity index (χ0n) is 13.2. The number of carbonyl (C=O) groups excluding carboxylic acids is 1. The van der Waals surface area contributed by atoms with Gasteiger partial charge in [-0.05, 0) is 30.7 Å². The van der Waals surface area contributed by atoms with Crippen LogP contribution in [0.1, 0.15) is 12.5 Å². The van der Waals surface area contributed by atoms with Crippen LogP contribution in [0.2, 0.25) is 0 Å². The van der Waals surface area contributed by atoms with Crippen molar-refractivity contribution >= 4 is 38.6 Å². The molecule has 3 rings (SSSR count). The minimum atomic E-state index is -0.411. The van der Waals surface area contributed by atoms with Gasteiger partial charge >= 0.3 is 0 Å². The van der Waals surface area contributed by atoms with Crippen LogP contribution in [0.15, 0.2) is 59.3 Å². The summed E-state index contributed by atoms with van der Waals surface area (Å²) in [5, 5.41) is 6.96. The van der Waals surface area contributed by atoms with Gasteiger partial charge in [0.25, 0.3) is 0 Å². The summed E-state index contributed by atoms with van der Waals surface area (Å²) in [6, 6.07) is 15.2. The molecule has 6 heteroatoms. The zero-order chi connectivity index (χ0) is 16.9. The number of carbonyl (C=O) groups is 1. The van der Waals surface area contributed by atoms with E-state index in [4.69, 9.17) is 0 Å². The van der Waals surface area contributed by atoms with E-state index in [9.17, 15) is 4.79 Å². The smallest absolute Gasteiger partial charge is 0.242 e. The minimum absolute atomic E-state index is 0.0828. The highest BCUT2D eigenvalue weighted by atomic mass is 79.9. The molecule has 1 aromatic heterocycles. The molecule has 0 bridgehead atoms. The molecule has 0 fully saturated rings. The molecular weight excluding hydrogens is 368 g/mol. The number of fused-ring (bicyclic) bond motifs is 1. The normalized spacial score (nSPS) is 11.9. The Hall–Kier alpha value is -2.47. The Morgan fingerprint density at radius 3 is 2.75 bits per heavy atom. The molecule has 0 saturated heterocycles. The summed E-state index contributed by atoms with van der Waals surface area (Å²) >= 11 is 3.45. The van der Waals surface area contributed by atoms with Crippen molar-refractivity contribution in [3.63, 3.8) is 0 Å². The van der Waals surface area contributed by atoms with Gasteiger partial charge in [0.15, 0.2) is 0 Å². The van der Waals surface area contributed by atoms with Crippen molar-refractivity contribution in [3.05, 3.63) is 64.9 Å². The molecule has 0 radical (unpaired) electrons. The van der Waals surface area contributed by atoms with Gasteiger partial charge in [0.1, 0.15) is 18.2 Å². The molecule has 2 aromatic carbocycles. The van der Waals surface area contributed by atoms with E-state index in [2.05, 4.69) is 36.5 Å². The zero-order valence-corrected chi connectivity index (χ0v) is 14.7. The number of amides is 1. The lowest BCUT2D eigenvalue weighted by molar-refractivity contribution is -0.121. The van der Waals surface area contributed by atoms with E-state index in [0.29, 0.717) is 12.4 Å². The van der Waals surface area contributed by atoms with Crippen molar-refractivity contribution in [2.24, 2.45) is 0 Å². The van der Waals surface area contributed by atoms with Crippen LogP contribution in [-0.2, 0) is 11.3 Å². The summed E-state index contributed by atoms with van der Waals surface area (Å²) in [5.41, 5.74) is 1.89. The number of nitrogens with zero attached hydrogens (tertiary/aromatic N) is 2. The summed E-state index contributed by atoms with van der Waals surface area (Å²) in [6.45, 7) is 2.31. The fourth-order valence-corrected chi connectivity index (χ4v) is 2.71. The monoisotopic (exact) mass is 384 g/mol. The summed E-state index contributed by atoms with van der Waals surface area (Å²) in [4.78, 5) is 20.8. The largest absolute Gasteiger partial charge is 0.358 e. The SMILES string of the molecule is C[C@H](Nc1ncnc2ccc(Br)cc12)C(=O)NCc1ccccc1. The highest BCUT2D eigenvalue weighted by Gasteiger charge is 2.14. The lowest BCUT2D eigenvalue weighted by Gasteiger charge is -2.16. The number of nitrogens with one attached hydrogen (secondary N) is 2. The number of halogens is 1. The van der Waals surface area contributed by atoms with Gasteiger partial charge in [-0.1, -0.05) is 46.3 Å². The number of aromatic nitrogens is 2. The Labute approximate surface area is 148 Å². The van der Waals surface area contributed by atoms with Gasteiger partial charge in [0.05, 0.1) is 5.52 Å². The van der Waals surface area contributed by atoms with Crippen LogP contribution in [0.3, 0.4) is 0 Å². The van der Waals surface area contributed by atoms with E-state index in [-0.39, 0.29) is 5.91 Å². The van der Waals surface area contributed by atoms with E-state index in [0.717, 1.165) is 20.9 Å². The maximum Gasteiger partial charge on any atom is 0.242 e. The molecule has 0 aliphatic heterocycles. The van der Waals surface area contributed by atoms with E-state index >= 15 is 0 Å². The van der Waals surface area contributed by atoms with Crippen molar-refractivity contribution < 1.29 is 4.79 Å². The molecule has 2 N–H and O–H groups in total. The summed E-state index contributed by atoms with van der Waals surface area (Å²) in [6.07, 6.45) is 1.49. The Balaban J connectivity index is 1.69. The lowest BCUT2D eigenvalue weighted by atomic mass is 10.2. The van der Waals surface area contributed by atoms with Crippen molar-refractivity contribution in [2.45, 2.75) is 19.5 Å². The average Bonchev–Trinajstić information content (AvgIpc) is 2.61. The van der Waals surface area contributed by atoms with Gasteiger partial charge in [-0.25, -0.2) is 9.97 Å². The molecular formula is C18H17BrN4O. The topological polar surface area (TPSA) is 66.9 Å². The third-order valence-electron chi connectivity index (χ3n) is 3.65. The Morgan fingerprint density at radius 1 is 1.17 bits per heavy atom. The molecule has 1 atom stereocenters. The summed E-state index contributed by atoms with van der Waals surface area (Å²) < 4.78 is 0.939. The first-order valence-corrected chi connectivity index (χ1v) is 8.41. The fraction of sp³-hybridized carbons (Fsp3) is 0.167. The quantitative estimate of drug-likeness (QED) is 0.706. The highest BCUT2D eigenvalue weighted by molar-refractivity contribution is 9.10. The second-order valence-corrected chi connectivity index (χ2v) is 6.37. The molecule has 0 unspecified atom stereocenters. The fourth-order valence-electron chi connectivity index (χ4n) is 2.35. The van der Waals surface area contributed by atoms with Crippen molar-refractivity contribution in [1.82, 2.24) is 15.3 Å². The lowest BCUT2D eigenvalue weighted by Crippen LogP contribution is -2.37. The van der Waals surface area contributed by atoms with Crippen LogP contribution in [0.25, 0.3) is 10.9 Å². The first-order chi connectivity index (χ1) is 11.6. The van der Waals surface area contributed by atoms with Gasteiger partial charge in [-0.2, -0.15) is 0 Å². The van der Waals surface area contributed by atoms with Crippen LogP contribution in [0, 0.1) is 0 Å². The van der Waals surface area contributed by atoms with Gasteiger partial charge in [0, 0.05) is 16.4 Å². The number of hydrogen-bond donors (Lipinski definition) is 2. The van der Waals surface area contributed by atoms with Gasteiger partial charge in [-0.3, -0.25) is 4.79 Å². The molecule has 122 valence electrons. The van der Waals surface area contributed by atoms with Gasteiger partial charge in [-0.15, -0.1) is 0 Å². The molecule has 3 aromatic rings. The minimum Gasteiger partial charge on any atom is -0.358 e. The van der Waals surface area contributed by atoms with Crippen LogP contribution in [-0.4, -0.2) is 21.9 Å². The summed E-state index contributed by atoms with van der Waals surface area (Å²) in [5.74, 6) is 0.560. The third-order valence-corrected chi connectivity index (χ3v) is 4.15. The Kier molecular flexibility index (Phi) is 5.05. The predicted octanol–water partition coefficient (Wildman–Crippen LogP) is 3.51. The van der Waals surface area contributed by atoms with E-state index in [1.807, 2.05) is 55.5 Å². The molecule has 1 amide bonds. The van der Waals surface area contributed by atoms with E-state index in [1.54, 1.807) is 0 Å². The average molecular weight is 385 g/mol. The predicted molar refractivity (Wildman–Crippen MR) is 98.6 cm³/mol. The van der Waals surface area contributed by atoms with E-state index in [1.165, 1.54) is 6.33 Å². The molecule has 0 spiro atoms. The summed E-state index contributed by atoms with van der Waals surface area (Å²) in [7, 11) is 0. The Morgan fingerprint density at radius 2 is 1.96 bits per heavy atom. The van der Waals surface area contributed by atoms with Crippen molar-refractivity contribution in [2.75, 3.05) is 5.32 Å². The van der Waals surface area contributed by atoms with Crippen molar-refractivity contribution in [3.8, 4) is 0 Å². The number of hydrogen-bond acceptors (Lipinski definition) is 4. The Bertz CT molecular complexity index is 854. The molecule has 0 aliphatic carbocycles. The van der Waals surface area contributed by atoms with E-state index < -0.39 is 6.04 Å². The second-order valence-electron chi connectivity index (χ2n) is 5.45. The second kappa shape index (κ2) is 7.40. The van der Waals surface area contributed by atoms with Crippen LogP contribution in [0.5, 0.6) is 0 Å². The molecule has 24 heavy (non-hydrogen) atoms. The van der Waals surface area contributed by atoms with Crippen LogP contribution in [0.4, 0.5) is 5.82 Å². The first-order valence-electron chi connectivity index (χ1n) is 7.62. The van der Waals surface area contributed by atoms with Gasteiger partial charge in [0.2, 0.25) is 5.91 Å². The molecule has 0 aliphatic rings.